The highest BCUT2D eigenvalue weighted by Gasteiger charge is 2.35. The van der Waals surface area contributed by atoms with E-state index in [9.17, 15) is 9.90 Å². The zero-order chi connectivity index (χ0) is 10.7. The fourth-order valence-corrected chi connectivity index (χ4v) is 2.29. The molecule has 0 aromatic rings. The average molecular weight is 200 g/mol. The van der Waals surface area contributed by atoms with E-state index in [0.717, 1.165) is 12.8 Å². The third-order valence-electron chi connectivity index (χ3n) is 3.10. The maximum absolute atomic E-state index is 11.5. The van der Waals surface area contributed by atoms with Gasteiger partial charge in [0.05, 0.1) is 18.6 Å². The Morgan fingerprint density at radius 3 is 2.29 bits per heavy atom. The van der Waals surface area contributed by atoms with Crippen LogP contribution in [0.2, 0.25) is 0 Å². The summed E-state index contributed by atoms with van der Waals surface area (Å²) in [5.74, 6) is 0.294. The van der Waals surface area contributed by atoms with E-state index in [2.05, 4.69) is 0 Å². The lowest BCUT2D eigenvalue weighted by Gasteiger charge is -2.34. The van der Waals surface area contributed by atoms with E-state index >= 15 is 0 Å². The van der Waals surface area contributed by atoms with Gasteiger partial charge in [0, 0.05) is 0 Å². The SMILES string of the molecule is CCOC(=O)C1CC(C)C(O)C(C)C1. The van der Waals surface area contributed by atoms with Gasteiger partial charge in [-0.25, -0.2) is 0 Å². The van der Waals surface area contributed by atoms with Gasteiger partial charge in [-0.05, 0) is 31.6 Å². The Morgan fingerprint density at radius 2 is 1.86 bits per heavy atom. The van der Waals surface area contributed by atoms with E-state index in [-0.39, 0.29) is 29.8 Å². The van der Waals surface area contributed by atoms with Gasteiger partial charge >= 0.3 is 5.97 Å². The molecule has 3 nitrogen and oxygen atoms in total. The van der Waals surface area contributed by atoms with Crippen molar-refractivity contribution in [2.75, 3.05) is 6.61 Å². The number of hydrogen-bond acceptors (Lipinski definition) is 3. The van der Waals surface area contributed by atoms with Gasteiger partial charge in [0.1, 0.15) is 0 Å². The summed E-state index contributed by atoms with van der Waals surface area (Å²) in [5.41, 5.74) is 0. The topological polar surface area (TPSA) is 46.5 Å². The number of aliphatic hydroxyl groups excluding tert-OH is 1. The molecule has 1 saturated carbocycles. The van der Waals surface area contributed by atoms with Gasteiger partial charge in [-0.1, -0.05) is 13.8 Å². The van der Waals surface area contributed by atoms with E-state index in [0.29, 0.717) is 6.61 Å². The number of ether oxygens (including phenoxy) is 1. The van der Waals surface area contributed by atoms with Crippen LogP contribution in [-0.2, 0) is 9.53 Å². The number of esters is 1. The Hall–Kier alpha value is -0.570. The maximum atomic E-state index is 11.5. The zero-order valence-corrected chi connectivity index (χ0v) is 9.19. The summed E-state index contributed by atoms with van der Waals surface area (Å²) in [6.07, 6.45) is 1.25. The Kier molecular flexibility index (Phi) is 3.93. The number of carbonyl (C=O) groups is 1. The van der Waals surface area contributed by atoms with Crippen LogP contribution in [0, 0.1) is 17.8 Å². The minimum Gasteiger partial charge on any atom is -0.466 e. The molecule has 0 aromatic heterocycles. The third kappa shape index (κ3) is 2.47. The molecule has 0 bridgehead atoms. The second kappa shape index (κ2) is 4.78. The van der Waals surface area contributed by atoms with Gasteiger partial charge in [-0.2, -0.15) is 0 Å². The van der Waals surface area contributed by atoms with Crippen LogP contribution in [0.5, 0.6) is 0 Å². The first-order valence-electron chi connectivity index (χ1n) is 5.41. The van der Waals surface area contributed by atoms with E-state index in [1.54, 1.807) is 0 Å². The molecule has 1 fully saturated rings. The van der Waals surface area contributed by atoms with Gasteiger partial charge in [0.15, 0.2) is 0 Å². The molecule has 1 aliphatic rings. The fourth-order valence-electron chi connectivity index (χ4n) is 2.29. The van der Waals surface area contributed by atoms with Crippen LogP contribution < -0.4 is 0 Å². The largest absolute Gasteiger partial charge is 0.466 e. The van der Waals surface area contributed by atoms with Gasteiger partial charge in [-0.3, -0.25) is 4.79 Å². The number of aliphatic hydroxyl groups is 1. The highest BCUT2D eigenvalue weighted by atomic mass is 16.5. The van der Waals surface area contributed by atoms with Crippen molar-refractivity contribution < 1.29 is 14.6 Å². The van der Waals surface area contributed by atoms with Crippen LogP contribution in [0.15, 0.2) is 0 Å². The molecule has 0 heterocycles. The van der Waals surface area contributed by atoms with Gasteiger partial charge in [-0.15, -0.1) is 0 Å². The molecule has 1 aliphatic carbocycles. The molecule has 2 atom stereocenters. The van der Waals surface area contributed by atoms with Crippen molar-refractivity contribution in [3.8, 4) is 0 Å². The van der Waals surface area contributed by atoms with E-state index in [4.69, 9.17) is 4.74 Å². The van der Waals surface area contributed by atoms with Gasteiger partial charge in [0.2, 0.25) is 0 Å². The summed E-state index contributed by atoms with van der Waals surface area (Å²) in [6.45, 7) is 6.25. The average Bonchev–Trinajstić information content (AvgIpc) is 2.13. The Labute approximate surface area is 85.5 Å². The summed E-state index contributed by atoms with van der Waals surface area (Å²) in [6, 6.07) is 0. The zero-order valence-electron chi connectivity index (χ0n) is 9.19. The first-order chi connectivity index (χ1) is 6.56. The van der Waals surface area contributed by atoms with Crippen LogP contribution >= 0.6 is 0 Å². The molecule has 2 unspecified atom stereocenters. The third-order valence-corrected chi connectivity index (χ3v) is 3.10. The lowest BCUT2D eigenvalue weighted by Crippen LogP contribution is -2.37. The van der Waals surface area contributed by atoms with Crippen molar-refractivity contribution in [3.05, 3.63) is 0 Å². The molecule has 3 heteroatoms. The minimum absolute atomic E-state index is 0.0108. The molecule has 1 N–H and O–H groups in total. The monoisotopic (exact) mass is 200 g/mol. The summed E-state index contributed by atoms with van der Waals surface area (Å²) in [5, 5.41) is 9.72. The summed E-state index contributed by atoms with van der Waals surface area (Å²) < 4.78 is 4.99. The Balaban J connectivity index is 2.53. The molecule has 0 aromatic carbocycles. The van der Waals surface area contributed by atoms with Crippen molar-refractivity contribution in [2.45, 2.75) is 39.7 Å². The fraction of sp³-hybridized carbons (Fsp3) is 0.909. The Bertz CT molecular complexity index is 191. The number of rotatable bonds is 2. The van der Waals surface area contributed by atoms with Crippen LogP contribution in [0.25, 0.3) is 0 Å². The molecule has 0 saturated heterocycles. The smallest absolute Gasteiger partial charge is 0.308 e. The minimum atomic E-state index is -0.263. The maximum Gasteiger partial charge on any atom is 0.308 e. The van der Waals surface area contributed by atoms with Crippen molar-refractivity contribution >= 4 is 5.97 Å². The van der Waals surface area contributed by atoms with Gasteiger partial charge < -0.3 is 9.84 Å². The molecule has 14 heavy (non-hydrogen) atoms. The van der Waals surface area contributed by atoms with Crippen LogP contribution in [0.4, 0.5) is 0 Å². The van der Waals surface area contributed by atoms with E-state index < -0.39 is 0 Å². The van der Waals surface area contributed by atoms with Crippen molar-refractivity contribution in [1.29, 1.82) is 0 Å². The first-order valence-corrected chi connectivity index (χ1v) is 5.41. The second-order valence-corrected chi connectivity index (χ2v) is 4.37. The molecule has 0 aliphatic heterocycles. The standard InChI is InChI=1S/C11H20O3/c1-4-14-11(13)9-5-7(2)10(12)8(3)6-9/h7-10,12H,4-6H2,1-3H3. The van der Waals surface area contributed by atoms with Crippen LogP contribution in [-0.4, -0.2) is 23.8 Å². The molecular formula is C11H20O3. The highest BCUT2D eigenvalue weighted by molar-refractivity contribution is 5.72. The summed E-state index contributed by atoms with van der Waals surface area (Å²) >= 11 is 0. The van der Waals surface area contributed by atoms with Crippen molar-refractivity contribution in [2.24, 2.45) is 17.8 Å². The number of carbonyl (C=O) groups excluding carboxylic acids is 1. The predicted octanol–water partition coefficient (Wildman–Crippen LogP) is 1.59. The molecule has 1 rings (SSSR count). The molecule has 82 valence electrons. The first kappa shape index (κ1) is 11.5. The van der Waals surface area contributed by atoms with E-state index in [1.165, 1.54) is 0 Å². The number of hydrogen-bond donors (Lipinski definition) is 1. The molecule has 0 amide bonds. The summed E-state index contributed by atoms with van der Waals surface area (Å²) in [4.78, 5) is 11.5. The van der Waals surface area contributed by atoms with Crippen molar-refractivity contribution in [1.82, 2.24) is 0 Å². The quantitative estimate of drug-likeness (QED) is 0.689. The van der Waals surface area contributed by atoms with Gasteiger partial charge in [0.25, 0.3) is 0 Å². The lowest BCUT2D eigenvalue weighted by atomic mass is 9.74. The van der Waals surface area contributed by atoms with E-state index in [1.807, 2.05) is 20.8 Å². The van der Waals surface area contributed by atoms with Crippen molar-refractivity contribution in [3.63, 3.8) is 0 Å². The normalized spacial score (nSPS) is 38.0. The lowest BCUT2D eigenvalue weighted by molar-refractivity contribution is -0.152. The molecule has 0 spiro atoms. The Morgan fingerprint density at radius 1 is 1.36 bits per heavy atom. The highest BCUT2D eigenvalue weighted by Crippen LogP contribution is 2.33. The molecular weight excluding hydrogens is 180 g/mol. The van der Waals surface area contributed by atoms with Crippen LogP contribution in [0.1, 0.15) is 33.6 Å². The van der Waals surface area contributed by atoms with Crippen LogP contribution in [0.3, 0.4) is 0 Å². The molecule has 0 radical (unpaired) electrons. The predicted molar refractivity (Wildman–Crippen MR) is 53.7 cm³/mol. The second-order valence-electron chi connectivity index (χ2n) is 4.37. The summed E-state index contributed by atoms with van der Waals surface area (Å²) in [7, 11) is 0.